The molecule has 3 heterocycles. The number of rotatable bonds is 2. The molecule has 6 nitrogen and oxygen atoms in total. The van der Waals surface area contributed by atoms with E-state index in [1.807, 2.05) is 6.92 Å². The van der Waals surface area contributed by atoms with E-state index in [4.69, 9.17) is 0 Å². The maximum absolute atomic E-state index is 12.5. The fraction of sp³-hybridized carbons (Fsp3) is 0.294. The van der Waals surface area contributed by atoms with Crippen LogP contribution in [0, 0.1) is 0 Å². The van der Waals surface area contributed by atoms with Gasteiger partial charge in [-0.1, -0.05) is 0 Å². The molecule has 118 valence electrons. The maximum atomic E-state index is 12.5. The van der Waals surface area contributed by atoms with Gasteiger partial charge < -0.3 is 9.80 Å². The Morgan fingerprint density at radius 3 is 2.13 bits per heavy atom. The average molecular weight is 310 g/mol. The summed E-state index contributed by atoms with van der Waals surface area (Å²) >= 11 is 0. The molecule has 1 aliphatic heterocycles. The van der Waals surface area contributed by atoms with Gasteiger partial charge in [-0.05, 0) is 31.2 Å². The summed E-state index contributed by atoms with van der Waals surface area (Å²) in [6.07, 6.45) is 6.43. The third-order valence-electron chi connectivity index (χ3n) is 3.99. The van der Waals surface area contributed by atoms with Gasteiger partial charge in [0, 0.05) is 50.5 Å². The van der Waals surface area contributed by atoms with Crippen LogP contribution >= 0.6 is 0 Å². The van der Waals surface area contributed by atoms with Gasteiger partial charge >= 0.3 is 0 Å². The van der Waals surface area contributed by atoms with Crippen molar-refractivity contribution in [1.29, 1.82) is 0 Å². The largest absolute Gasteiger partial charge is 0.335 e. The van der Waals surface area contributed by atoms with Crippen molar-refractivity contribution in [3.05, 3.63) is 60.2 Å². The van der Waals surface area contributed by atoms with E-state index in [0.717, 1.165) is 0 Å². The quantitative estimate of drug-likeness (QED) is 0.842. The lowest BCUT2D eigenvalue weighted by Crippen LogP contribution is -2.55. The van der Waals surface area contributed by atoms with Crippen LogP contribution in [0.2, 0.25) is 0 Å². The Morgan fingerprint density at radius 2 is 1.61 bits per heavy atom. The van der Waals surface area contributed by atoms with Crippen LogP contribution < -0.4 is 0 Å². The lowest BCUT2D eigenvalue weighted by molar-refractivity contribution is 0.0414. The van der Waals surface area contributed by atoms with Crippen molar-refractivity contribution in [1.82, 2.24) is 19.8 Å². The van der Waals surface area contributed by atoms with Crippen LogP contribution in [0.25, 0.3) is 0 Å². The van der Waals surface area contributed by atoms with Gasteiger partial charge in [-0.25, -0.2) is 0 Å². The standard InChI is InChI=1S/C17H18N4O2/c1-13-12-20(16(22)14-4-2-6-18-10-14)8-9-21(13)17(23)15-5-3-7-19-11-15/h2-7,10-11,13H,8-9,12H2,1H3. The zero-order valence-corrected chi connectivity index (χ0v) is 12.9. The summed E-state index contributed by atoms with van der Waals surface area (Å²) < 4.78 is 0. The number of carbonyl (C=O) groups excluding carboxylic acids is 2. The fourth-order valence-corrected chi connectivity index (χ4v) is 2.77. The van der Waals surface area contributed by atoms with Crippen LogP contribution in [0.3, 0.4) is 0 Å². The van der Waals surface area contributed by atoms with Gasteiger partial charge in [-0.3, -0.25) is 19.6 Å². The molecule has 3 rings (SSSR count). The van der Waals surface area contributed by atoms with Gasteiger partial charge in [-0.2, -0.15) is 0 Å². The molecule has 1 unspecified atom stereocenters. The van der Waals surface area contributed by atoms with E-state index in [2.05, 4.69) is 9.97 Å². The van der Waals surface area contributed by atoms with Crippen molar-refractivity contribution in [2.24, 2.45) is 0 Å². The van der Waals surface area contributed by atoms with Gasteiger partial charge in [0.1, 0.15) is 0 Å². The van der Waals surface area contributed by atoms with E-state index in [0.29, 0.717) is 30.8 Å². The molecule has 2 aromatic rings. The summed E-state index contributed by atoms with van der Waals surface area (Å²) in [5.41, 5.74) is 1.15. The van der Waals surface area contributed by atoms with Crippen LogP contribution in [0.4, 0.5) is 0 Å². The summed E-state index contributed by atoms with van der Waals surface area (Å²) in [6.45, 7) is 3.50. The van der Waals surface area contributed by atoms with Crippen molar-refractivity contribution >= 4 is 11.8 Å². The smallest absolute Gasteiger partial charge is 0.255 e. The Labute approximate surface area is 134 Å². The number of hydrogen-bond acceptors (Lipinski definition) is 4. The Morgan fingerprint density at radius 1 is 1.00 bits per heavy atom. The first-order valence-electron chi connectivity index (χ1n) is 7.57. The first-order chi connectivity index (χ1) is 11.2. The van der Waals surface area contributed by atoms with Crippen LogP contribution in [-0.4, -0.2) is 57.3 Å². The van der Waals surface area contributed by atoms with E-state index < -0.39 is 0 Å². The summed E-state index contributed by atoms with van der Waals surface area (Å²) in [6, 6.07) is 6.97. The van der Waals surface area contributed by atoms with Gasteiger partial charge in [0.05, 0.1) is 11.1 Å². The first-order valence-corrected chi connectivity index (χ1v) is 7.57. The Hall–Kier alpha value is -2.76. The van der Waals surface area contributed by atoms with Gasteiger partial charge in [0.2, 0.25) is 0 Å². The fourth-order valence-electron chi connectivity index (χ4n) is 2.77. The van der Waals surface area contributed by atoms with Crippen molar-refractivity contribution in [3.8, 4) is 0 Å². The van der Waals surface area contributed by atoms with E-state index in [9.17, 15) is 9.59 Å². The molecule has 0 spiro atoms. The lowest BCUT2D eigenvalue weighted by atomic mass is 10.1. The number of nitrogens with zero attached hydrogens (tertiary/aromatic N) is 4. The highest BCUT2D eigenvalue weighted by molar-refractivity contribution is 5.95. The van der Waals surface area contributed by atoms with E-state index in [-0.39, 0.29) is 17.9 Å². The molecule has 0 N–H and O–H groups in total. The molecule has 1 atom stereocenters. The minimum Gasteiger partial charge on any atom is -0.335 e. The van der Waals surface area contributed by atoms with Gasteiger partial charge in [-0.15, -0.1) is 0 Å². The number of pyridine rings is 2. The number of carbonyl (C=O) groups is 2. The molecule has 23 heavy (non-hydrogen) atoms. The SMILES string of the molecule is CC1CN(C(=O)c2cccnc2)CCN1C(=O)c1cccnc1. The molecule has 0 radical (unpaired) electrons. The van der Waals surface area contributed by atoms with Crippen molar-refractivity contribution < 1.29 is 9.59 Å². The molecule has 0 aromatic carbocycles. The molecular weight excluding hydrogens is 292 g/mol. The highest BCUT2D eigenvalue weighted by Gasteiger charge is 2.30. The Balaban J connectivity index is 1.68. The predicted octanol–water partition coefficient (Wildman–Crippen LogP) is 1.46. The van der Waals surface area contributed by atoms with Crippen molar-refractivity contribution in [2.45, 2.75) is 13.0 Å². The topological polar surface area (TPSA) is 66.4 Å². The summed E-state index contributed by atoms with van der Waals surface area (Å²) in [5.74, 6) is -0.0856. The van der Waals surface area contributed by atoms with E-state index in [1.54, 1.807) is 58.9 Å². The normalized spacial score (nSPS) is 17.9. The van der Waals surface area contributed by atoms with Crippen LogP contribution in [0.15, 0.2) is 49.1 Å². The zero-order valence-electron chi connectivity index (χ0n) is 12.9. The summed E-state index contributed by atoms with van der Waals surface area (Å²) in [4.78, 5) is 36.5. The molecule has 2 aromatic heterocycles. The Bertz CT molecular complexity index is 690. The van der Waals surface area contributed by atoms with Crippen molar-refractivity contribution in [3.63, 3.8) is 0 Å². The monoisotopic (exact) mass is 310 g/mol. The molecule has 1 aliphatic rings. The third-order valence-corrected chi connectivity index (χ3v) is 3.99. The maximum Gasteiger partial charge on any atom is 0.255 e. The molecule has 0 saturated carbocycles. The second-order valence-corrected chi connectivity index (χ2v) is 5.58. The minimum atomic E-state index is -0.0444. The molecule has 1 saturated heterocycles. The molecule has 1 fully saturated rings. The van der Waals surface area contributed by atoms with Crippen LogP contribution in [-0.2, 0) is 0 Å². The Kier molecular flexibility index (Phi) is 4.32. The second-order valence-electron chi connectivity index (χ2n) is 5.58. The van der Waals surface area contributed by atoms with Gasteiger partial charge in [0.15, 0.2) is 0 Å². The zero-order chi connectivity index (χ0) is 16.2. The molecule has 0 bridgehead atoms. The number of hydrogen-bond donors (Lipinski definition) is 0. The number of aromatic nitrogens is 2. The van der Waals surface area contributed by atoms with Gasteiger partial charge in [0.25, 0.3) is 11.8 Å². The molecule has 0 aliphatic carbocycles. The predicted molar refractivity (Wildman–Crippen MR) is 84.9 cm³/mol. The lowest BCUT2D eigenvalue weighted by Gasteiger charge is -2.39. The molecule has 6 heteroatoms. The van der Waals surface area contributed by atoms with E-state index >= 15 is 0 Å². The molecule has 2 amide bonds. The van der Waals surface area contributed by atoms with E-state index in [1.165, 1.54) is 0 Å². The van der Waals surface area contributed by atoms with Crippen LogP contribution in [0.5, 0.6) is 0 Å². The van der Waals surface area contributed by atoms with Crippen LogP contribution in [0.1, 0.15) is 27.6 Å². The van der Waals surface area contributed by atoms with Crippen molar-refractivity contribution in [2.75, 3.05) is 19.6 Å². The second kappa shape index (κ2) is 6.56. The average Bonchev–Trinajstić information content (AvgIpc) is 2.62. The summed E-state index contributed by atoms with van der Waals surface area (Å²) in [7, 11) is 0. The number of amides is 2. The molecular formula is C17H18N4O2. The highest BCUT2D eigenvalue weighted by Crippen LogP contribution is 2.15. The highest BCUT2D eigenvalue weighted by atomic mass is 16.2. The summed E-state index contributed by atoms with van der Waals surface area (Å²) in [5, 5.41) is 0. The first kappa shape index (κ1) is 15.1. The number of piperazine rings is 1. The third kappa shape index (κ3) is 3.21. The minimum absolute atomic E-state index is 0.0425.